The van der Waals surface area contributed by atoms with Crippen LogP contribution in [0.3, 0.4) is 0 Å². The maximum atomic E-state index is 10.7. The van der Waals surface area contributed by atoms with E-state index in [1.165, 1.54) is 0 Å². The van der Waals surface area contributed by atoms with E-state index in [1.54, 1.807) is 6.92 Å². The lowest BCUT2D eigenvalue weighted by Gasteiger charge is -2.34. The Labute approximate surface area is 108 Å². The minimum atomic E-state index is -0.827. The van der Waals surface area contributed by atoms with Crippen LogP contribution in [0.1, 0.15) is 25.8 Å². The molecular weight excluding hydrogens is 230 g/mol. The number of carboxylic acid groups (broad SMARTS) is 1. The van der Waals surface area contributed by atoms with Gasteiger partial charge >= 0.3 is 5.97 Å². The van der Waals surface area contributed by atoms with Crippen molar-refractivity contribution >= 4 is 11.7 Å². The van der Waals surface area contributed by atoms with Crippen molar-refractivity contribution in [2.75, 3.05) is 11.4 Å². The Morgan fingerprint density at radius 2 is 1.94 bits per heavy atom. The molecule has 4 nitrogen and oxygen atoms in total. The standard InChI is InChI=1S/C14H21NO3/c1-10-6-4-5-7-13(10)15(9-8-14(17)18)11(2)12(3)16/h4-7,11-12,16H,8-9H2,1-3H3,(H,17,18). The summed E-state index contributed by atoms with van der Waals surface area (Å²) in [4.78, 5) is 12.7. The number of rotatable bonds is 6. The first-order chi connectivity index (χ1) is 8.43. The number of aryl methyl sites for hydroxylation is 1. The summed E-state index contributed by atoms with van der Waals surface area (Å²) < 4.78 is 0. The van der Waals surface area contributed by atoms with E-state index in [2.05, 4.69) is 0 Å². The van der Waals surface area contributed by atoms with Crippen LogP contribution in [0.15, 0.2) is 24.3 Å². The number of carbonyl (C=O) groups is 1. The Morgan fingerprint density at radius 3 is 2.44 bits per heavy atom. The van der Waals surface area contributed by atoms with Gasteiger partial charge < -0.3 is 15.1 Å². The summed E-state index contributed by atoms with van der Waals surface area (Å²) in [5, 5.41) is 18.5. The van der Waals surface area contributed by atoms with Gasteiger partial charge in [0.15, 0.2) is 0 Å². The van der Waals surface area contributed by atoms with Crippen LogP contribution < -0.4 is 4.90 Å². The number of hydrogen-bond acceptors (Lipinski definition) is 3. The van der Waals surface area contributed by atoms with Gasteiger partial charge in [-0.2, -0.15) is 0 Å². The Bertz CT molecular complexity index is 404. The molecule has 2 atom stereocenters. The number of para-hydroxylation sites is 1. The molecule has 2 N–H and O–H groups in total. The number of nitrogens with zero attached hydrogens (tertiary/aromatic N) is 1. The molecule has 0 aromatic heterocycles. The molecule has 0 bridgehead atoms. The molecule has 0 aliphatic rings. The molecule has 0 spiro atoms. The number of aliphatic carboxylic acids is 1. The number of aliphatic hydroxyl groups is 1. The molecule has 0 aliphatic heterocycles. The summed E-state index contributed by atoms with van der Waals surface area (Å²) in [6, 6.07) is 7.69. The largest absolute Gasteiger partial charge is 0.481 e. The highest BCUT2D eigenvalue weighted by Gasteiger charge is 2.20. The first kappa shape index (κ1) is 14.5. The number of hydrogen-bond donors (Lipinski definition) is 2. The number of aliphatic hydroxyl groups excluding tert-OH is 1. The smallest absolute Gasteiger partial charge is 0.305 e. The second-order valence-electron chi connectivity index (χ2n) is 4.60. The summed E-state index contributed by atoms with van der Waals surface area (Å²) in [7, 11) is 0. The lowest BCUT2D eigenvalue weighted by atomic mass is 10.1. The highest BCUT2D eigenvalue weighted by molar-refractivity contribution is 5.68. The van der Waals surface area contributed by atoms with Gasteiger partial charge in [-0.05, 0) is 32.4 Å². The summed E-state index contributed by atoms with van der Waals surface area (Å²) >= 11 is 0. The van der Waals surface area contributed by atoms with Gasteiger partial charge in [0.25, 0.3) is 0 Å². The fourth-order valence-electron chi connectivity index (χ4n) is 1.91. The fraction of sp³-hybridized carbons (Fsp3) is 0.500. The highest BCUT2D eigenvalue weighted by Crippen LogP contribution is 2.23. The SMILES string of the molecule is Cc1ccccc1N(CCC(=O)O)C(C)C(C)O. The van der Waals surface area contributed by atoms with Crippen LogP contribution in [0.4, 0.5) is 5.69 Å². The van der Waals surface area contributed by atoms with Gasteiger partial charge in [-0.3, -0.25) is 4.79 Å². The van der Waals surface area contributed by atoms with Crippen LogP contribution >= 0.6 is 0 Å². The monoisotopic (exact) mass is 251 g/mol. The quantitative estimate of drug-likeness (QED) is 0.812. The molecule has 0 radical (unpaired) electrons. The molecule has 0 heterocycles. The van der Waals surface area contributed by atoms with Gasteiger partial charge in [-0.15, -0.1) is 0 Å². The zero-order valence-electron chi connectivity index (χ0n) is 11.1. The molecule has 1 aromatic carbocycles. The predicted molar refractivity (Wildman–Crippen MR) is 71.9 cm³/mol. The Hall–Kier alpha value is -1.55. The van der Waals surface area contributed by atoms with E-state index >= 15 is 0 Å². The van der Waals surface area contributed by atoms with Crippen molar-refractivity contribution in [2.45, 2.75) is 39.3 Å². The minimum absolute atomic E-state index is 0.0609. The third kappa shape index (κ3) is 3.74. The first-order valence-corrected chi connectivity index (χ1v) is 6.15. The molecule has 0 saturated heterocycles. The first-order valence-electron chi connectivity index (χ1n) is 6.15. The van der Waals surface area contributed by atoms with Gasteiger partial charge in [0.1, 0.15) is 0 Å². The van der Waals surface area contributed by atoms with Crippen molar-refractivity contribution in [3.05, 3.63) is 29.8 Å². The van der Waals surface area contributed by atoms with Gasteiger partial charge in [-0.1, -0.05) is 18.2 Å². The molecule has 2 unspecified atom stereocenters. The van der Waals surface area contributed by atoms with Crippen molar-refractivity contribution in [3.8, 4) is 0 Å². The van der Waals surface area contributed by atoms with E-state index in [9.17, 15) is 9.90 Å². The summed E-state index contributed by atoms with van der Waals surface area (Å²) in [5.41, 5.74) is 2.06. The average Bonchev–Trinajstić information content (AvgIpc) is 2.30. The fourth-order valence-corrected chi connectivity index (χ4v) is 1.91. The molecule has 1 aromatic rings. The van der Waals surface area contributed by atoms with E-state index in [4.69, 9.17) is 5.11 Å². The predicted octanol–water partition coefficient (Wildman–Crippen LogP) is 2.05. The molecular formula is C14H21NO3. The van der Waals surface area contributed by atoms with Crippen molar-refractivity contribution in [1.82, 2.24) is 0 Å². The lowest BCUT2D eigenvalue weighted by Crippen LogP contribution is -2.42. The van der Waals surface area contributed by atoms with E-state index in [0.29, 0.717) is 6.54 Å². The third-order valence-electron chi connectivity index (χ3n) is 3.18. The van der Waals surface area contributed by atoms with E-state index in [0.717, 1.165) is 11.3 Å². The maximum Gasteiger partial charge on any atom is 0.305 e. The van der Waals surface area contributed by atoms with Gasteiger partial charge in [0.2, 0.25) is 0 Å². The van der Waals surface area contributed by atoms with Gasteiger partial charge in [-0.25, -0.2) is 0 Å². The molecule has 0 fully saturated rings. The van der Waals surface area contributed by atoms with E-state index in [-0.39, 0.29) is 12.5 Å². The maximum absolute atomic E-state index is 10.7. The van der Waals surface area contributed by atoms with Crippen LogP contribution in [0, 0.1) is 6.92 Å². The molecule has 0 saturated carbocycles. The number of carboxylic acids is 1. The van der Waals surface area contributed by atoms with Crippen LogP contribution in [0.5, 0.6) is 0 Å². The van der Waals surface area contributed by atoms with E-state index in [1.807, 2.05) is 43.0 Å². The van der Waals surface area contributed by atoms with Crippen molar-refractivity contribution in [2.24, 2.45) is 0 Å². The molecule has 4 heteroatoms. The molecule has 0 amide bonds. The Kier molecular flexibility index (Phi) is 5.16. The van der Waals surface area contributed by atoms with Crippen LogP contribution in [-0.2, 0) is 4.79 Å². The van der Waals surface area contributed by atoms with Crippen molar-refractivity contribution < 1.29 is 15.0 Å². The Balaban J connectivity index is 2.96. The molecule has 100 valence electrons. The summed E-state index contributed by atoms with van der Waals surface area (Å²) in [6.07, 6.45) is -0.454. The van der Waals surface area contributed by atoms with Crippen molar-refractivity contribution in [3.63, 3.8) is 0 Å². The molecule has 18 heavy (non-hydrogen) atoms. The highest BCUT2D eigenvalue weighted by atomic mass is 16.4. The third-order valence-corrected chi connectivity index (χ3v) is 3.18. The topological polar surface area (TPSA) is 60.8 Å². The van der Waals surface area contributed by atoms with E-state index < -0.39 is 12.1 Å². The molecule has 1 rings (SSSR count). The second-order valence-corrected chi connectivity index (χ2v) is 4.60. The van der Waals surface area contributed by atoms with Gasteiger partial charge in [0, 0.05) is 12.2 Å². The van der Waals surface area contributed by atoms with Crippen molar-refractivity contribution in [1.29, 1.82) is 0 Å². The summed E-state index contributed by atoms with van der Waals surface area (Å²) in [5.74, 6) is -0.827. The Morgan fingerprint density at radius 1 is 1.33 bits per heavy atom. The zero-order valence-corrected chi connectivity index (χ0v) is 11.1. The second kappa shape index (κ2) is 6.40. The summed E-state index contributed by atoms with van der Waals surface area (Å²) in [6.45, 7) is 6.00. The number of benzene rings is 1. The van der Waals surface area contributed by atoms with Gasteiger partial charge in [0.05, 0.1) is 18.6 Å². The van der Waals surface area contributed by atoms with Crippen LogP contribution in [0.25, 0.3) is 0 Å². The van der Waals surface area contributed by atoms with Crippen LogP contribution in [-0.4, -0.2) is 34.9 Å². The average molecular weight is 251 g/mol. The molecule has 0 aliphatic carbocycles. The number of anilines is 1. The van der Waals surface area contributed by atoms with Crippen LogP contribution in [0.2, 0.25) is 0 Å². The normalized spacial score (nSPS) is 14.0. The minimum Gasteiger partial charge on any atom is -0.481 e. The lowest BCUT2D eigenvalue weighted by molar-refractivity contribution is -0.136. The zero-order chi connectivity index (χ0) is 13.7.